The number of rotatable bonds is 3. The van der Waals surface area contributed by atoms with Crippen molar-refractivity contribution in [3.63, 3.8) is 0 Å². The van der Waals surface area contributed by atoms with Crippen LogP contribution in [0.1, 0.15) is 20.3 Å². The normalized spacial score (nSPS) is 42.2. The monoisotopic (exact) mass is 204 g/mol. The quantitative estimate of drug-likeness (QED) is 0.656. The maximum absolute atomic E-state index is 6.10. The summed E-state index contributed by atoms with van der Waals surface area (Å²) in [5, 5.41) is 0. The first kappa shape index (κ1) is 9.75. The molecule has 0 aliphatic carbocycles. The van der Waals surface area contributed by atoms with Gasteiger partial charge in [0.2, 0.25) is 0 Å². The average Bonchev–Trinajstić information content (AvgIpc) is 2.08. The van der Waals surface area contributed by atoms with Gasteiger partial charge in [0.05, 0.1) is 25.9 Å². The highest BCUT2D eigenvalue weighted by atomic mass is 35.5. The van der Waals surface area contributed by atoms with E-state index in [2.05, 4.69) is 13.8 Å². The van der Waals surface area contributed by atoms with E-state index in [4.69, 9.17) is 21.1 Å². The summed E-state index contributed by atoms with van der Waals surface area (Å²) in [6, 6.07) is 0. The first-order chi connectivity index (χ1) is 6.21. The summed E-state index contributed by atoms with van der Waals surface area (Å²) >= 11 is 6.10. The number of hydrogen-bond acceptors (Lipinski definition) is 2. The molecule has 2 nitrogen and oxygen atoms in total. The topological polar surface area (TPSA) is 18.5 Å². The molecule has 2 aliphatic heterocycles. The molecular weight excluding hydrogens is 188 g/mol. The lowest BCUT2D eigenvalue weighted by Gasteiger charge is -2.61. The summed E-state index contributed by atoms with van der Waals surface area (Å²) in [6.07, 6.45) is 1.45. The zero-order valence-corrected chi connectivity index (χ0v) is 9.06. The van der Waals surface area contributed by atoms with E-state index in [1.807, 2.05) is 0 Å². The minimum absolute atomic E-state index is 0.182. The Morgan fingerprint density at radius 1 is 1.38 bits per heavy atom. The van der Waals surface area contributed by atoms with Gasteiger partial charge in [-0.25, -0.2) is 0 Å². The van der Waals surface area contributed by atoms with Crippen molar-refractivity contribution in [2.75, 3.05) is 25.7 Å². The molecule has 0 aromatic carbocycles. The molecule has 2 saturated heterocycles. The number of alkyl halides is 1. The molecule has 3 heteroatoms. The Hall–Kier alpha value is 0.210. The minimum atomic E-state index is 0.182. The van der Waals surface area contributed by atoms with E-state index >= 15 is 0 Å². The second-order valence-corrected chi connectivity index (χ2v) is 4.64. The fraction of sp³-hybridized carbons (Fsp3) is 1.00. The zero-order chi connectivity index (χ0) is 9.53. The Balaban J connectivity index is 2.19. The van der Waals surface area contributed by atoms with E-state index in [1.165, 1.54) is 0 Å². The van der Waals surface area contributed by atoms with Gasteiger partial charge in [-0.3, -0.25) is 0 Å². The fourth-order valence-corrected chi connectivity index (χ4v) is 3.09. The van der Waals surface area contributed by atoms with Crippen LogP contribution in [-0.2, 0) is 9.47 Å². The van der Waals surface area contributed by atoms with Gasteiger partial charge in [0.15, 0.2) is 0 Å². The van der Waals surface area contributed by atoms with E-state index < -0.39 is 0 Å². The van der Waals surface area contributed by atoms with Crippen LogP contribution < -0.4 is 0 Å². The Morgan fingerprint density at radius 2 is 2.08 bits per heavy atom. The van der Waals surface area contributed by atoms with Gasteiger partial charge in [0.1, 0.15) is 0 Å². The molecule has 2 aliphatic rings. The Morgan fingerprint density at radius 3 is 2.15 bits per heavy atom. The van der Waals surface area contributed by atoms with Gasteiger partial charge < -0.3 is 9.47 Å². The third kappa shape index (κ3) is 1.03. The number of ether oxygens (including phenoxy) is 2. The molecule has 0 spiro atoms. The Bertz CT molecular complexity index is 194. The van der Waals surface area contributed by atoms with Gasteiger partial charge in [-0.2, -0.15) is 0 Å². The van der Waals surface area contributed by atoms with Crippen molar-refractivity contribution < 1.29 is 9.47 Å². The lowest BCUT2D eigenvalue weighted by molar-refractivity contribution is -0.291. The first-order valence-electron chi connectivity index (χ1n) is 4.96. The summed E-state index contributed by atoms with van der Waals surface area (Å²) in [5.74, 6) is 0.700. The van der Waals surface area contributed by atoms with Crippen LogP contribution in [0, 0.1) is 10.8 Å². The highest BCUT2D eigenvalue weighted by Gasteiger charge is 2.62. The van der Waals surface area contributed by atoms with Crippen LogP contribution in [0.3, 0.4) is 0 Å². The van der Waals surface area contributed by atoms with Crippen LogP contribution in [0.4, 0.5) is 0 Å². The molecule has 0 saturated carbocycles. The Labute approximate surface area is 84.5 Å². The molecule has 0 bridgehead atoms. The minimum Gasteiger partial charge on any atom is -0.380 e. The van der Waals surface area contributed by atoms with Crippen LogP contribution in [-0.4, -0.2) is 31.8 Å². The van der Waals surface area contributed by atoms with E-state index in [1.54, 1.807) is 0 Å². The number of hydrogen-bond donors (Lipinski definition) is 0. The third-order valence-electron chi connectivity index (χ3n) is 4.10. The molecule has 0 radical (unpaired) electrons. The predicted octanol–water partition coefficient (Wildman–Crippen LogP) is 2.06. The van der Waals surface area contributed by atoms with Crippen molar-refractivity contribution in [2.45, 2.75) is 26.4 Å². The summed E-state index contributed by atoms with van der Waals surface area (Å²) in [7, 11) is 0. The smallest absolute Gasteiger partial charge is 0.0644 e. The highest BCUT2D eigenvalue weighted by Crippen LogP contribution is 2.56. The molecule has 0 N–H and O–H groups in total. The molecule has 0 amide bonds. The van der Waals surface area contributed by atoms with E-state index in [0.717, 1.165) is 26.2 Å². The third-order valence-corrected chi connectivity index (χ3v) is 4.57. The van der Waals surface area contributed by atoms with E-state index in [-0.39, 0.29) is 5.41 Å². The van der Waals surface area contributed by atoms with Crippen LogP contribution in [0.15, 0.2) is 0 Å². The second-order valence-electron chi connectivity index (χ2n) is 4.37. The fourth-order valence-electron chi connectivity index (χ4n) is 2.52. The maximum Gasteiger partial charge on any atom is 0.0644 e. The van der Waals surface area contributed by atoms with Gasteiger partial charge in [0.25, 0.3) is 0 Å². The summed E-state index contributed by atoms with van der Waals surface area (Å²) < 4.78 is 10.8. The molecule has 2 rings (SSSR count). The van der Waals surface area contributed by atoms with Gasteiger partial charge in [-0.05, 0) is 13.3 Å². The van der Waals surface area contributed by atoms with Gasteiger partial charge in [-0.15, -0.1) is 11.6 Å². The summed E-state index contributed by atoms with van der Waals surface area (Å²) in [4.78, 5) is 0. The molecule has 13 heavy (non-hydrogen) atoms. The predicted molar refractivity (Wildman–Crippen MR) is 52.1 cm³/mol. The van der Waals surface area contributed by atoms with Gasteiger partial charge in [0, 0.05) is 16.7 Å². The molecule has 2 atom stereocenters. The molecule has 2 heterocycles. The molecule has 2 unspecified atom stereocenters. The highest BCUT2D eigenvalue weighted by molar-refractivity contribution is 6.18. The van der Waals surface area contributed by atoms with Crippen molar-refractivity contribution in [1.29, 1.82) is 0 Å². The molecular formula is C10H17ClO2. The van der Waals surface area contributed by atoms with Crippen LogP contribution in [0.2, 0.25) is 0 Å². The van der Waals surface area contributed by atoms with Crippen molar-refractivity contribution >= 4 is 11.6 Å². The maximum atomic E-state index is 6.10. The van der Waals surface area contributed by atoms with Crippen molar-refractivity contribution in [3.8, 4) is 0 Å². The van der Waals surface area contributed by atoms with Crippen LogP contribution >= 0.6 is 11.6 Å². The lowest BCUT2D eigenvalue weighted by Crippen LogP contribution is -2.68. The van der Waals surface area contributed by atoms with E-state index in [9.17, 15) is 0 Å². The van der Waals surface area contributed by atoms with Gasteiger partial charge >= 0.3 is 0 Å². The number of halogens is 1. The average molecular weight is 205 g/mol. The lowest BCUT2D eigenvalue weighted by atomic mass is 9.57. The summed E-state index contributed by atoms with van der Waals surface area (Å²) in [6.45, 7) is 6.90. The molecule has 2 fully saturated rings. The van der Waals surface area contributed by atoms with Crippen molar-refractivity contribution in [1.82, 2.24) is 0 Å². The second kappa shape index (κ2) is 3.11. The van der Waals surface area contributed by atoms with Crippen LogP contribution in [0.5, 0.6) is 0 Å². The molecule has 0 aromatic rings. The van der Waals surface area contributed by atoms with Crippen molar-refractivity contribution in [2.24, 2.45) is 10.8 Å². The van der Waals surface area contributed by atoms with Crippen LogP contribution in [0.25, 0.3) is 0 Å². The van der Waals surface area contributed by atoms with E-state index in [0.29, 0.717) is 17.4 Å². The largest absolute Gasteiger partial charge is 0.380 e. The first-order valence-corrected chi connectivity index (χ1v) is 5.49. The Kier molecular flexibility index (Phi) is 2.33. The summed E-state index contributed by atoms with van der Waals surface area (Å²) in [5.41, 5.74) is 0.480. The zero-order valence-electron chi connectivity index (χ0n) is 8.31. The SMILES string of the molecule is CCC1(C2(CCl)COC2C)COC1. The standard InChI is InChI=1S/C10H17ClO2/c1-3-9(5-12-6-9)10(4-11)7-13-8(10)2/h8H,3-7H2,1-2H3. The van der Waals surface area contributed by atoms with Crippen molar-refractivity contribution in [3.05, 3.63) is 0 Å². The molecule has 0 aromatic heterocycles. The van der Waals surface area contributed by atoms with Gasteiger partial charge in [-0.1, -0.05) is 6.92 Å². The molecule has 76 valence electrons.